The Kier molecular flexibility index (Phi) is 3.54. The summed E-state index contributed by atoms with van der Waals surface area (Å²) in [5.41, 5.74) is -0.125. The molecule has 2 aromatic carbocycles. The molecule has 2 rings (SSSR count). The molecule has 0 fully saturated rings. The molecule has 0 bridgehead atoms. The summed E-state index contributed by atoms with van der Waals surface area (Å²) in [5.74, 6) is -4.88. The Morgan fingerprint density at radius 3 is 1.75 bits per heavy atom. The second kappa shape index (κ2) is 4.89. The molecule has 20 heavy (non-hydrogen) atoms. The van der Waals surface area contributed by atoms with Gasteiger partial charge in [-0.25, -0.2) is 0 Å². The van der Waals surface area contributed by atoms with E-state index >= 15 is 0 Å². The van der Waals surface area contributed by atoms with Gasteiger partial charge in [0, 0.05) is 5.56 Å². The van der Waals surface area contributed by atoms with Gasteiger partial charge < -0.3 is 0 Å². The number of alkyl halides is 5. The summed E-state index contributed by atoms with van der Waals surface area (Å²) in [6.07, 6.45) is -5.62. The summed E-state index contributed by atoms with van der Waals surface area (Å²) < 4.78 is 64.9. The summed E-state index contributed by atoms with van der Waals surface area (Å²) in [7, 11) is 0. The molecule has 0 aromatic heterocycles. The summed E-state index contributed by atoms with van der Waals surface area (Å²) in [5, 5.41) is 0. The van der Waals surface area contributed by atoms with E-state index < -0.39 is 17.7 Å². The maximum absolute atomic E-state index is 13.6. The van der Waals surface area contributed by atoms with Crippen LogP contribution in [0.5, 0.6) is 0 Å². The molecule has 0 heterocycles. The van der Waals surface area contributed by atoms with Gasteiger partial charge in [-0.15, -0.1) is 0 Å². The smallest absolute Gasteiger partial charge is 0.191 e. The van der Waals surface area contributed by atoms with Crippen LogP contribution in [0.25, 0.3) is 11.1 Å². The average molecular weight is 286 g/mol. The summed E-state index contributed by atoms with van der Waals surface area (Å²) in [6, 6.07) is 11.2. The van der Waals surface area contributed by atoms with E-state index in [2.05, 4.69) is 0 Å². The number of hydrogen-bond acceptors (Lipinski definition) is 0. The third-order valence-electron chi connectivity index (χ3n) is 3.06. The SMILES string of the molecule is Cc1ccccc1-c1ccccc1C(F)(F)C(F)(F)F. The lowest BCUT2D eigenvalue weighted by Crippen LogP contribution is -2.34. The lowest BCUT2D eigenvalue weighted by molar-refractivity contribution is -0.289. The largest absolute Gasteiger partial charge is 0.458 e. The lowest BCUT2D eigenvalue weighted by Gasteiger charge is -2.23. The number of aryl methyl sites for hydroxylation is 1. The Morgan fingerprint density at radius 1 is 0.700 bits per heavy atom. The molecule has 0 saturated heterocycles. The quantitative estimate of drug-likeness (QED) is 0.656. The molecule has 0 atom stereocenters. The Balaban J connectivity index is 2.67. The number of halogens is 5. The van der Waals surface area contributed by atoms with E-state index in [1.54, 1.807) is 25.1 Å². The minimum absolute atomic E-state index is 0.104. The summed E-state index contributed by atoms with van der Waals surface area (Å²) in [6.45, 7) is 1.66. The van der Waals surface area contributed by atoms with E-state index in [0.717, 1.165) is 6.07 Å². The van der Waals surface area contributed by atoms with Gasteiger partial charge in [-0.05, 0) is 23.6 Å². The van der Waals surface area contributed by atoms with Gasteiger partial charge in [-0.1, -0.05) is 48.5 Å². The van der Waals surface area contributed by atoms with Crippen molar-refractivity contribution >= 4 is 0 Å². The number of hydrogen-bond donors (Lipinski definition) is 0. The van der Waals surface area contributed by atoms with Crippen molar-refractivity contribution in [1.82, 2.24) is 0 Å². The van der Waals surface area contributed by atoms with Crippen molar-refractivity contribution in [3.63, 3.8) is 0 Å². The van der Waals surface area contributed by atoms with Gasteiger partial charge in [-0.2, -0.15) is 22.0 Å². The van der Waals surface area contributed by atoms with E-state index in [4.69, 9.17) is 0 Å². The number of rotatable bonds is 2. The monoisotopic (exact) mass is 286 g/mol. The minimum Gasteiger partial charge on any atom is -0.191 e. The molecule has 0 amide bonds. The van der Waals surface area contributed by atoms with E-state index in [1.165, 1.54) is 24.3 Å². The minimum atomic E-state index is -5.62. The van der Waals surface area contributed by atoms with Crippen LogP contribution in [0.3, 0.4) is 0 Å². The van der Waals surface area contributed by atoms with Crippen LogP contribution < -0.4 is 0 Å². The molecule has 0 radical (unpaired) electrons. The Labute approximate surface area is 112 Å². The third-order valence-corrected chi connectivity index (χ3v) is 3.06. The maximum atomic E-state index is 13.6. The first-order chi connectivity index (χ1) is 9.25. The number of benzene rings is 2. The van der Waals surface area contributed by atoms with Gasteiger partial charge in [0.15, 0.2) is 0 Å². The van der Waals surface area contributed by atoms with Crippen molar-refractivity contribution in [2.24, 2.45) is 0 Å². The predicted octanol–water partition coefficient (Wildman–Crippen LogP) is 5.32. The normalized spacial score (nSPS) is 12.5. The molecular weight excluding hydrogens is 275 g/mol. The van der Waals surface area contributed by atoms with Gasteiger partial charge in [-0.3, -0.25) is 0 Å². The molecule has 2 aromatic rings. The van der Waals surface area contributed by atoms with Crippen LogP contribution in [0.2, 0.25) is 0 Å². The van der Waals surface area contributed by atoms with Crippen molar-refractivity contribution in [3.8, 4) is 11.1 Å². The first kappa shape index (κ1) is 14.5. The van der Waals surface area contributed by atoms with Crippen LogP contribution in [0.1, 0.15) is 11.1 Å². The highest BCUT2D eigenvalue weighted by molar-refractivity contribution is 5.71. The molecule has 0 aliphatic rings. The van der Waals surface area contributed by atoms with Crippen LogP contribution in [0.15, 0.2) is 48.5 Å². The summed E-state index contributed by atoms with van der Waals surface area (Å²) >= 11 is 0. The molecule has 0 saturated carbocycles. The first-order valence-electron chi connectivity index (χ1n) is 5.85. The van der Waals surface area contributed by atoms with Crippen LogP contribution in [-0.4, -0.2) is 6.18 Å². The fourth-order valence-corrected chi connectivity index (χ4v) is 2.02. The zero-order chi connectivity index (χ0) is 15.0. The molecule has 106 valence electrons. The predicted molar refractivity (Wildman–Crippen MR) is 66.6 cm³/mol. The highest BCUT2D eigenvalue weighted by atomic mass is 19.4. The molecule has 5 heteroatoms. The van der Waals surface area contributed by atoms with Crippen LogP contribution in [0, 0.1) is 6.92 Å². The Hall–Kier alpha value is -1.91. The molecule has 0 unspecified atom stereocenters. The van der Waals surface area contributed by atoms with Crippen molar-refractivity contribution in [2.75, 3.05) is 0 Å². The van der Waals surface area contributed by atoms with Crippen LogP contribution in [0.4, 0.5) is 22.0 Å². The fourth-order valence-electron chi connectivity index (χ4n) is 2.02. The van der Waals surface area contributed by atoms with Gasteiger partial charge in [0.25, 0.3) is 0 Å². The van der Waals surface area contributed by atoms with Gasteiger partial charge in [0.1, 0.15) is 0 Å². The van der Waals surface area contributed by atoms with Crippen molar-refractivity contribution in [2.45, 2.75) is 19.0 Å². The topological polar surface area (TPSA) is 0 Å². The first-order valence-corrected chi connectivity index (χ1v) is 5.85. The van der Waals surface area contributed by atoms with Crippen LogP contribution in [-0.2, 0) is 5.92 Å². The Bertz CT molecular complexity index is 614. The molecule has 0 nitrogen and oxygen atoms in total. The van der Waals surface area contributed by atoms with E-state index in [0.29, 0.717) is 11.1 Å². The van der Waals surface area contributed by atoms with E-state index in [9.17, 15) is 22.0 Å². The van der Waals surface area contributed by atoms with E-state index in [-0.39, 0.29) is 5.56 Å². The van der Waals surface area contributed by atoms with Crippen molar-refractivity contribution in [1.29, 1.82) is 0 Å². The van der Waals surface area contributed by atoms with Crippen molar-refractivity contribution in [3.05, 3.63) is 59.7 Å². The Morgan fingerprint density at radius 2 is 1.20 bits per heavy atom. The zero-order valence-electron chi connectivity index (χ0n) is 10.5. The fraction of sp³-hybridized carbons (Fsp3) is 0.200. The molecule has 0 N–H and O–H groups in total. The van der Waals surface area contributed by atoms with Gasteiger partial charge in [0.2, 0.25) is 0 Å². The highest BCUT2D eigenvalue weighted by Gasteiger charge is 2.59. The second-order valence-corrected chi connectivity index (χ2v) is 4.43. The average Bonchev–Trinajstić information content (AvgIpc) is 2.38. The standard InChI is InChI=1S/C15H11F5/c1-10-6-2-3-7-11(10)12-8-4-5-9-13(12)14(16,17)15(18,19)20/h2-9H,1H3. The van der Waals surface area contributed by atoms with Crippen LogP contribution >= 0.6 is 0 Å². The summed E-state index contributed by atoms with van der Waals surface area (Å²) in [4.78, 5) is 0. The van der Waals surface area contributed by atoms with Gasteiger partial charge in [0.05, 0.1) is 0 Å². The highest BCUT2D eigenvalue weighted by Crippen LogP contribution is 2.47. The molecular formula is C15H11F5. The third kappa shape index (κ3) is 2.40. The second-order valence-electron chi connectivity index (χ2n) is 4.43. The molecule has 0 spiro atoms. The van der Waals surface area contributed by atoms with E-state index in [1.807, 2.05) is 0 Å². The maximum Gasteiger partial charge on any atom is 0.458 e. The molecule has 0 aliphatic heterocycles. The zero-order valence-corrected chi connectivity index (χ0v) is 10.5. The lowest BCUT2D eigenvalue weighted by atomic mass is 9.93. The van der Waals surface area contributed by atoms with Crippen molar-refractivity contribution < 1.29 is 22.0 Å². The van der Waals surface area contributed by atoms with Gasteiger partial charge >= 0.3 is 12.1 Å². The molecule has 0 aliphatic carbocycles.